The van der Waals surface area contributed by atoms with Crippen molar-refractivity contribution in [1.82, 2.24) is 19.1 Å². The minimum absolute atomic E-state index is 0.265. The molecule has 3 N–H and O–H groups in total. The van der Waals surface area contributed by atoms with Gasteiger partial charge in [-0.05, 0) is 6.42 Å². The number of hydrogen-bond acceptors (Lipinski definition) is 6. The standard InChI is InChI=1S/C15H24N4O4S/c1-3-4-5-6-7-19-11-12(18(2)14(23)17-13(11)22)16-15(19)24-9-10(21)8-20/h10,20-21H,3-9H2,1-2H3,(H,17,22,23)/t10-/m1/s1. The van der Waals surface area contributed by atoms with E-state index in [1.165, 1.54) is 16.3 Å². The highest BCUT2D eigenvalue weighted by molar-refractivity contribution is 7.99. The van der Waals surface area contributed by atoms with E-state index in [-0.39, 0.29) is 12.4 Å². The molecule has 9 heteroatoms. The molecule has 2 heterocycles. The molecular weight excluding hydrogens is 332 g/mol. The van der Waals surface area contributed by atoms with Crippen molar-refractivity contribution in [3.05, 3.63) is 20.8 Å². The Morgan fingerprint density at radius 3 is 2.71 bits per heavy atom. The van der Waals surface area contributed by atoms with Crippen LogP contribution in [0.2, 0.25) is 0 Å². The van der Waals surface area contributed by atoms with Crippen LogP contribution in [0.4, 0.5) is 0 Å². The molecule has 0 saturated carbocycles. The van der Waals surface area contributed by atoms with Gasteiger partial charge >= 0.3 is 5.69 Å². The summed E-state index contributed by atoms with van der Waals surface area (Å²) in [7, 11) is 1.56. The third kappa shape index (κ3) is 4.08. The van der Waals surface area contributed by atoms with E-state index in [1.54, 1.807) is 11.6 Å². The minimum atomic E-state index is -0.856. The Balaban J connectivity index is 2.41. The van der Waals surface area contributed by atoms with E-state index in [0.717, 1.165) is 25.7 Å². The fourth-order valence-electron chi connectivity index (χ4n) is 2.45. The lowest BCUT2D eigenvalue weighted by atomic mass is 10.2. The maximum atomic E-state index is 12.2. The normalized spacial score (nSPS) is 12.8. The van der Waals surface area contributed by atoms with Crippen molar-refractivity contribution in [2.24, 2.45) is 7.05 Å². The maximum absolute atomic E-state index is 12.2. The number of nitrogens with zero attached hydrogens (tertiary/aromatic N) is 3. The molecule has 0 aliphatic carbocycles. The molecular formula is C15H24N4O4S. The molecule has 0 spiro atoms. The first-order chi connectivity index (χ1) is 11.5. The zero-order valence-electron chi connectivity index (χ0n) is 14.0. The number of aliphatic hydroxyl groups is 2. The Kier molecular flexibility index (Phi) is 6.64. The number of rotatable bonds is 9. The zero-order chi connectivity index (χ0) is 17.7. The van der Waals surface area contributed by atoms with Gasteiger partial charge in [-0.15, -0.1) is 0 Å². The second-order valence-electron chi connectivity index (χ2n) is 5.74. The van der Waals surface area contributed by atoms with Gasteiger partial charge in [0.05, 0.1) is 12.7 Å². The molecule has 0 aliphatic rings. The van der Waals surface area contributed by atoms with Gasteiger partial charge in [0.2, 0.25) is 0 Å². The van der Waals surface area contributed by atoms with E-state index in [1.807, 2.05) is 0 Å². The second-order valence-corrected chi connectivity index (χ2v) is 6.73. The molecule has 134 valence electrons. The number of unbranched alkanes of at least 4 members (excludes halogenated alkanes) is 3. The molecule has 24 heavy (non-hydrogen) atoms. The summed E-state index contributed by atoms with van der Waals surface area (Å²) in [6, 6.07) is 0. The number of aromatic amines is 1. The molecule has 0 unspecified atom stereocenters. The van der Waals surface area contributed by atoms with Crippen LogP contribution in [0, 0.1) is 0 Å². The molecule has 8 nitrogen and oxygen atoms in total. The highest BCUT2D eigenvalue weighted by Gasteiger charge is 2.18. The van der Waals surface area contributed by atoms with E-state index in [0.29, 0.717) is 22.9 Å². The number of nitrogens with one attached hydrogen (secondary N) is 1. The molecule has 2 rings (SSSR count). The molecule has 0 saturated heterocycles. The largest absolute Gasteiger partial charge is 0.394 e. The molecule has 0 fully saturated rings. The lowest BCUT2D eigenvalue weighted by Gasteiger charge is -2.10. The third-order valence-electron chi connectivity index (χ3n) is 3.82. The Hall–Kier alpha value is -1.58. The van der Waals surface area contributed by atoms with E-state index in [9.17, 15) is 14.7 Å². The van der Waals surface area contributed by atoms with Gasteiger partial charge in [-0.1, -0.05) is 37.9 Å². The van der Waals surface area contributed by atoms with E-state index < -0.39 is 17.4 Å². The fraction of sp³-hybridized carbons (Fsp3) is 0.667. The van der Waals surface area contributed by atoms with Crippen LogP contribution in [0.15, 0.2) is 14.7 Å². The summed E-state index contributed by atoms with van der Waals surface area (Å²) in [5.74, 6) is 0.265. The average Bonchev–Trinajstić information content (AvgIpc) is 2.93. The summed E-state index contributed by atoms with van der Waals surface area (Å²) >= 11 is 1.27. The summed E-state index contributed by atoms with van der Waals surface area (Å²) < 4.78 is 3.11. The Morgan fingerprint density at radius 1 is 1.29 bits per heavy atom. The van der Waals surface area contributed by atoms with Gasteiger partial charge in [-0.2, -0.15) is 0 Å². The van der Waals surface area contributed by atoms with Gasteiger partial charge in [0, 0.05) is 19.3 Å². The predicted octanol–water partition coefficient (Wildman–Crippen LogP) is 0.449. The fourth-order valence-corrected chi connectivity index (χ4v) is 3.39. The van der Waals surface area contributed by atoms with Crippen molar-refractivity contribution < 1.29 is 10.2 Å². The van der Waals surface area contributed by atoms with Crippen LogP contribution in [0.25, 0.3) is 11.2 Å². The summed E-state index contributed by atoms with van der Waals surface area (Å²) in [6.45, 7) is 2.42. The van der Waals surface area contributed by atoms with Crippen molar-refractivity contribution >= 4 is 22.9 Å². The number of aryl methyl sites for hydroxylation is 2. The van der Waals surface area contributed by atoms with Gasteiger partial charge in [-0.25, -0.2) is 9.78 Å². The summed E-state index contributed by atoms with van der Waals surface area (Å²) in [5, 5.41) is 19.1. The summed E-state index contributed by atoms with van der Waals surface area (Å²) in [4.78, 5) is 30.7. The second kappa shape index (κ2) is 8.50. The number of H-pyrrole nitrogens is 1. The van der Waals surface area contributed by atoms with Crippen molar-refractivity contribution in [2.75, 3.05) is 12.4 Å². The van der Waals surface area contributed by atoms with Crippen LogP contribution in [0.3, 0.4) is 0 Å². The molecule has 0 aliphatic heterocycles. The number of imidazole rings is 1. The molecule has 0 bridgehead atoms. The molecule has 2 aromatic heterocycles. The molecule has 2 aromatic rings. The number of aromatic nitrogens is 4. The summed E-state index contributed by atoms with van der Waals surface area (Å²) in [6.07, 6.45) is 3.32. The highest BCUT2D eigenvalue weighted by Crippen LogP contribution is 2.23. The first-order valence-electron chi connectivity index (χ1n) is 8.10. The van der Waals surface area contributed by atoms with Crippen molar-refractivity contribution in [3.8, 4) is 0 Å². The lowest BCUT2D eigenvalue weighted by molar-refractivity contribution is 0.113. The van der Waals surface area contributed by atoms with Crippen LogP contribution >= 0.6 is 11.8 Å². The van der Waals surface area contributed by atoms with E-state index >= 15 is 0 Å². The number of hydrogen-bond donors (Lipinski definition) is 3. The highest BCUT2D eigenvalue weighted by atomic mass is 32.2. The monoisotopic (exact) mass is 356 g/mol. The molecule has 0 aromatic carbocycles. The number of aliphatic hydroxyl groups excluding tert-OH is 2. The molecule has 0 radical (unpaired) electrons. The van der Waals surface area contributed by atoms with Crippen LogP contribution < -0.4 is 11.2 Å². The Morgan fingerprint density at radius 2 is 2.04 bits per heavy atom. The van der Waals surface area contributed by atoms with Crippen LogP contribution in [-0.4, -0.2) is 47.8 Å². The topological polar surface area (TPSA) is 113 Å². The predicted molar refractivity (Wildman–Crippen MR) is 93.6 cm³/mol. The Labute approximate surface area is 143 Å². The lowest BCUT2D eigenvalue weighted by Crippen LogP contribution is -2.29. The first kappa shape index (κ1) is 18.8. The zero-order valence-corrected chi connectivity index (χ0v) is 14.8. The first-order valence-corrected chi connectivity index (χ1v) is 9.09. The maximum Gasteiger partial charge on any atom is 0.329 e. The number of thioether (sulfide) groups is 1. The quantitative estimate of drug-likeness (QED) is 0.444. The van der Waals surface area contributed by atoms with Crippen LogP contribution in [0.1, 0.15) is 32.6 Å². The van der Waals surface area contributed by atoms with Gasteiger partial charge in [-0.3, -0.25) is 14.3 Å². The molecule has 1 atom stereocenters. The molecule has 0 amide bonds. The van der Waals surface area contributed by atoms with Crippen molar-refractivity contribution in [1.29, 1.82) is 0 Å². The van der Waals surface area contributed by atoms with Gasteiger partial charge in [0.25, 0.3) is 5.56 Å². The minimum Gasteiger partial charge on any atom is -0.394 e. The SMILES string of the molecule is CCCCCCn1c(SC[C@H](O)CO)nc2c1c(=O)[nH]c(=O)n2C. The van der Waals surface area contributed by atoms with E-state index in [2.05, 4.69) is 16.9 Å². The van der Waals surface area contributed by atoms with Gasteiger partial charge in [0.15, 0.2) is 16.3 Å². The average molecular weight is 356 g/mol. The van der Waals surface area contributed by atoms with Gasteiger partial charge < -0.3 is 14.8 Å². The van der Waals surface area contributed by atoms with E-state index in [4.69, 9.17) is 5.11 Å². The summed E-state index contributed by atoms with van der Waals surface area (Å²) in [5.41, 5.74) is -0.254. The van der Waals surface area contributed by atoms with Crippen molar-refractivity contribution in [3.63, 3.8) is 0 Å². The third-order valence-corrected chi connectivity index (χ3v) is 4.94. The smallest absolute Gasteiger partial charge is 0.329 e. The Bertz CT molecular complexity index is 795. The number of fused-ring (bicyclic) bond motifs is 1. The van der Waals surface area contributed by atoms with Gasteiger partial charge in [0.1, 0.15) is 0 Å². The van der Waals surface area contributed by atoms with Crippen LogP contribution in [0.5, 0.6) is 0 Å². The van der Waals surface area contributed by atoms with Crippen molar-refractivity contribution in [2.45, 2.75) is 50.4 Å². The van der Waals surface area contributed by atoms with Crippen LogP contribution in [-0.2, 0) is 13.6 Å².